The molecule has 0 aromatic rings. The van der Waals surface area contributed by atoms with Crippen molar-refractivity contribution in [1.29, 1.82) is 0 Å². The summed E-state index contributed by atoms with van der Waals surface area (Å²) >= 11 is 0. The molecule has 0 saturated carbocycles. The van der Waals surface area contributed by atoms with Gasteiger partial charge in [-0.2, -0.15) is 8.78 Å². The lowest BCUT2D eigenvalue weighted by molar-refractivity contribution is -0.0939. The Hall–Kier alpha value is -1.06. The fraction of sp³-hybridized carbons (Fsp3) is 0.556. The Morgan fingerprint density at radius 3 is 2.69 bits per heavy atom. The van der Waals surface area contributed by atoms with Gasteiger partial charge in [0.1, 0.15) is 5.76 Å². The molecule has 0 aromatic carbocycles. The lowest BCUT2D eigenvalue weighted by Gasteiger charge is -2.20. The van der Waals surface area contributed by atoms with E-state index in [4.69, 9.17) is 0 Å². The van der Waals surface area contributed by atoms with Gasteiger partial charge in [0.25, 0.3) is 0 Å². The highest BCUT2D eigenvalue weighted by Gasteiger charge is 2.15. The number of rotatable bonds is 3. The van der Waals surface area contributed by atoms with Gasteiger partial charge in [-0.05, 0) is 12.0 Å². The predicted octanol–water partition coefficient (Wildman–Crippen LogP) is 2.25. The van der Waals surface area contributed by atoms with E-state index in [0.717, 1.165) is 5.70 Å². The van der Waals surface area contributed by atoms with Crippen molar-refractivity contribution in [1.82, 2.24) is 5.32 Å². The topological polar surface area (TPSA) is 21.3 Å². The average molecular weight is 189 g/mol. The molecule has 0 fully saturated rings. The third kappa shape index (κ3) is 2.72. The minimum Gasteiger partial charge on any atom is -0.433 e. The third-order valence-corrected chi connectivity index (χ3v) is 1.74. The van der Waals surface area contributed by atoms with Crippen molar-refractivity contribution in [2.45, 2.75) is 20.5 Å². The zero-order valence-corrected chi connectivity index (χ0v) is 7.68. The van der Waals surface area contributed by atoms with Crippen LogP contribution in [0.5, 0.6) is 0 Å². The maximum Gasteiger partial charge on any atom is 0.387 e. The minimum absolute atomic E-state index is 0.165. The Kier molecular flexibility index (Phi) is 3.28. The van der Waals surface area contributed by atoms with Crippen molar-refractivity contribution in [3.8, 4) is 0 Å². The summed E-state index contributed by atoms with van der Waals surface area (Å²) in [5.74, 6) is 0.412. The van der Waals surface area contributed by atoms with Crippen LogP contribution in [0.3, 0.4) is 0 Å². The molecule has 4 heteroatoms. The number of nitrogens with one attached hydrogen (secondary N) is 1. The molecule has 0 unspecified atom stereocenters. The summed E-state index contributed by atoms with van der Waals surface area (Å²) in [5, 5.41) is 3.01. The highest BCUT2D eigenvalue weighted by molar-refractivity contribution is 5.24. The van der Waals surface area contributed by atoms with Crippen LogP contribution >= 0.6 is 0 Å². The number of dihydropyridines is 1. The SMILES string of the molecule is CC(C)C1=C(OC(F)F)C=CCN1. The molecule has 13 heavy (non-hydrogen) atoms. The molecule has 1 heterocycles. The first-order valence-electron chi connectivity index (χ1n) is 4.20. The van der Waals surface area contributed by atoms with E-state index in [9.17, 15) is 8.78 Å². The first-order chi connectivity index (χ1) is 6.11. The molecule has 0 aliphatic carbocycles. The molecule has 0 amide bonds. The lowest BCUT2D eigenvalue weighted by atomic mass is 10.1. The second kappa shape index (κ2) is 4.25. The second-order valence-corrected chi connectivity index (χ2v) is 3.09. The van der Waals surface area contributed by atoms with Gasteiger partial charge in [-0.3, -0.25) is 0 Å². The lowest BCUT2D eigenvalue weighted by Crippen LogP contribution is -2.23. The smallest absolute Gasteiger partial charge is 0.387 e. The van der Waals surface area contributed by atoms with Gasteiger partial charge in [0.05, 0.1) is 5.70 Å². The van der Waals surface area contributed by atoms with Crippen molar-refractivity contribution >= 4 is 0 Å². The van der Waals surface area contributed by atoms with Crippen molar-refractivity contribution in [3.63, 3.8) is 0 Å². The van der Waals surface area contributed by atoms with Gasteiger partial charge in [0.2, 0.25) is 0 Å². The zero-order valence-electron chi connectivity index (χ0n) is 7.68. The molecule has 1 N–H and O–H groups in total. The second-order valence-electron chi connectivity index (χ2n) is 3.09. The average Bonchev–Trinajstić information content (AvgIpc) is 2.03. The Morgan fingerprint density at radius 1 is 1.46 bits per heavy atom. The number of allylic oxidation sites excluding steroid dienone is 2. The number of alkyl halides is 2. The molecule has 0 aromatic heterocycles. The fourth-order valence-corrected chi connectivity index (χ4v) is 1.20. The molecule has 2 nitrogen and oxygen atoms in total. The molecule has 0 bridgehead atoms. The maximum absolute atomic E-state index is 11.9. The fourth-order valence-electron chi connectivity index (χ4n) is 1.20. The molecular weight excluding hydrogens is 176 g/mol. The normalized spacial score (nSPS) is 16.8. The van der Waals surface area contributed by atoms with E-state index in [1.165, 1.54) is 0 Å². The number of hydrogen-bond donors (Lipinski definition) is 1. The van der Waals surface area contributed by atoms with Gasteiger partial charge in [0, 0.05) is 6.54 Å². The van der Waals surface area contributed by atoms with Gasteiger partial charge < -0.3 is 10.1 Å². The van der Waals surface area contributed by atoms with Crippen molar-refractivity contribution < 1.29 is 13.5 Å². The quantitative estimate of drug-likeness (QED) is 0.735. The van der Waals surface area contributed by atoms with E-state index in [1.54, 1.807) is 12.2 Å². The van der Waals surface area contributed by atoms with Crippen LogP contribution in [0.2, 0.25) is 0 Å². The Bertz CT molecular complexity index is 234. The van der Waals surface area contributed by atoms with Crippen LogP contribution in [0.4, 0.5) is 8.78 Å². The van der Waals surface area contributed by atoms with Crippen LogP contribution in [-0.2, 0) is 4.74 Å². The van der Waals surface area contributed by atoms with Gasteiger partial charge in [0.15, 0.2) is 0 Å². The molecular formula is C9H13F2NO. The molecule has 1 aliphatic heterocycles. The van der Waals surface area contributed by atoms with Crippen molar-refractivity contribution in [2.75, 3.05) is 6.54 Å². The Labute approximate surface area is 76.3 Å². The standard InChI is InChI=1S/C9H13F2NO/c1-6(2)8-7(13-9(10)11)4-3-5-12-8/h3-4,6,9,12H,5H2,1-2H3. The molecule has 1 aliphatic rings. The largest absolute Gasteiger partial charge is 0.433 e. The van der Waals surface area contributed by atoms with Gasteiger partial charge in [-0.25, -0.2) is 0 Å². The molecule has 1 rings (SSSR count). The summed E-state index contributed by atoms with van der Waals surface area (Å²) in [7, 11) is 0. The summed E-state index contributed by atoms with van der Waals surface area (Å²) in [4.78, 5) is 0. The van der Waals surface area contributed by atoms with E-state index < -0.39 is 6.61 Å². The molecule has 0 spiro atoms. The van der Waals surface area contributed by atoms with Crippen molar-refractivity contribution in [2.24, 2.45) is 5.92 Å². The zero-order chi connectivity index (χ0) is 9.84. The van der Waals surface area contributed by atoms with Crippen molar-refractivity contribution in [3.05, 3.63) is 23.6 Å². The van der Waals surface area contributed by atoms with Crippen LogP contribution in [0.1, 0.15) is 13.8 Å². The first-order valence-corrected chi connectivity index (χ1v) is 4.20. The monoisotopic (exact) mass is 189 g/mol. The molecule has 0 saturated heterocycles. The van der Waals surface area contributed by atoms with E-state index in [2.05, 4.69) is 10.1 Å². The predicted molar refractivity (Wildman–Crippen MR) is 46.1 cm³/mol. The maximum atomic E-state index is 11.9. The molecule has 0 atom stereocenters. The highest BCUT2D eigenvalue weighted by Crippen LogP contribution is 2.19. The number of hydrogen-bond acceptors (Lipinski definition) is 2. The van der Waals surface area contributed by atoms with Gasteiger partial charge in [-0.1, -0.05) is 19.9 Å². The first kappa shape index (κ1) is 10.0. The summed E-state index contributed by atoms with van der Waals surface area (Å²) in [6.07, 6.45) is 3.33. The van der Waals surface area contributed by atoms with Crippen LogP contribution in [0, 0.1) is 5.92 Å². The highest BCUT2D eigenvalue weighted by atomic mass is 19.3. The van der Waals surface area contributed by atoms with E-state index in [-0.39, 0.29) is 11.7 Å². The Balaban J connectivity index is 2.78. The van der Waals surface area contributed by atoms with E-state index >= 15 is 0 Å². The summed E-state index contributed by atoms with van der Waals surface area (Å²) < 4.78 is 28.2. The van der Waals surface area contributed by atoms with Crippen LogP contribution in [-0.4, -0.2) is 13.2 Å². The summed E-state index contributed by atoms with van der Waals surface area (Å²) in [6.45, 7) is 1.77. The third-order valence-electron chi connectivity index (χ3n) is 1.74. The molecule has 74 valence electrons. The van der Waals surface area contributed by atoms with Crippen LogP contribution in [0.25, 0.3) is 0 Å². The van der Waals surface area contributed by atoms with Crippen LogP contribution < -0.4 is 5.32 Å². The number of halogens is 2. The summed E-state index contributed by atoms with van der Waals surface area (Å²) in [6, 6.07) is 0. The minimum atomic E-state index is -2.76. The van der Waals surface area contributed by atoms with Gasteiger partial charge >= 0.3 is 6.61 Å². The molecule has 0 radical (unpaired) electrons. The number of ether oxygens (including phenoxy) is 1. The summed E-state index contributed by atoms with van der Waals surface area (Å²) in [5.41, 5.74) is 0.739. The van der Waals surface area contributed by atoms with E-state index in [0.29, 0.717) is 6.54 Å². The Morgan fingerprint density at radius 2 is 2.15 bits per heavy atom. The van der Waals surface area contributed by atoms with E-state index in [1.807, 2.05) is 13.8 Å². The van der Waals surface area contributed by atoms with Crippen LogP contribution in [0.15, 0.2) is 23.6 Å². The van der Waals surface area contributed by atoms with Gasteiger partial charge in [-0.15, -0.1) is 0 Å².